The first kappa shape index (κ1) is 39.3. The van der Waals surface area contributed by atoms with Gasteiger partial charge in [-0.25, -0.2) is 4.57 Å². The number of allylic oxidation sites excluding steroid dienone is 6. The maximum atomic E-state index is 12.2. The van der Waals surface area contributed by atoms with Gasteiger partial charge in [-0.3, -0.25) is 14.1 Å². The molecule has 0 amide bonds. The molecule has 0 aromatic rings. The molecule has 0 unspecified atom stereocenters. The lowest BCUT2D eigenvalue weighted by molar-refractivity contribution is -0.161. The molecule has 0 bridgehead atoms. The van der Waals surface area contributed by atoms with Crippen LogP contribution in [0.15, 0.2) is 36.5 Å². The van der Waals surface area contributed by atoms with Gasteiger partial charge in [0.25, 0.3) is 0 Å². The van der Waals surface area contributed by atoms with Crippen molar-refractivity contribution >= 4 is 19.8 Å². The first-order valence-corrected chi connectivity index (χ1v) is 17.3. The molecule has 1 atom stereocenters. The van der Waals surface area contributed by atoms with Crippen molar-refractivity contribution in [2.24, 2.45) is 0 Å². The molecule has 0 aliphatic heterocycles. The molecular formula is C32H57O8P. The zero-order valence-corrected chi connectivity index (χ0v) is 26.6. The number of hydrogen-bond donors (Lipinski definition) is 2. The Morgan fingerprint density at radius 1 is 0.634 bits per heavy atom. The summed E-state index contributed by atoms with van der Waals surface area (Å²) >= 11 is 0. The second kappa shape index (κ2) is 28.4. The van der Waals surface area contributed by atoms with Crippen LogP contribution < -0.4 is 0 Å². The topological polar surface area (TPSA) is 119 Å². The van der Waals surface area contributed by atoms with E-state index >= 15 is 0 Å². The predicted molar refractivity (Wildman–Crippen MR) is 165 cm³/mol. The third-order valence-corrected chi connectivity index (χ3v) is 6.90. The molecule has 9 heteroatoms. The number of esters is 2. The highest BCUT2D eigenvalue weighted by atomic mass is 31.2. The second-order valence-electron chi connectivity index (χ2n) is 10.4. The van der Waals surface area contributed by atoms with Gasteiger partial charge in [-0.1, -0.05) is 108 Å². The fourth-order valence-corrected chi connectivity index (χ4v) is 4.38. The van der Waals surface area contributed by atoms with Crippen molar-refractivity contribution in [3.8, 4) is 0 Å². The molecule has 0 saturated carbocycles. The van der Waals surface area contributed by atoms with Crippen molar-refractivity contribution in [1.82, 2.24) is 0 Å². The largest absolute Gasteiger partial charge is 0.469 e. The molecule has 0 aliphatic carbocycles. The lowest BCUT2D eigenvalue weighted by Gasteiger charge is -2.18. The summed E-state index contributed by atoms with van der Waals surface area (Å²) in [6.07, 6.45) is 30.3. The standard InChI is InChI=1S/C32H57O8P/c1-3-5-7-9-11-13-14-15-16-17-18-19-21-23-25-27-32(34)40-30(29-39-41(35,36)37)28-38-31(33)26-24-22-20-12-10-8-6-4-2/h11,13,15-16,18-19,30H,3-10,12,14,17,20-29H2,1-2H3,(H2,35,36,37)/b13-11+,16-15+,19-18+/t30-/m1/s1. The van der Waals surface area contributed by atoms with E-state index in [4.69, 9.17) is 19.3 Å². The van der Waals surface area contributed by atoms with Crippen LogP contribution in [0, 0.1) is 0 Å². The SMILES string of the molecule is CCCCC/C=C/C/C=C/C/C=C/CCCCC(=O)O[C@H](COC(=O)CCCCCCCCCC)COP(=O)(O)O. The Bertz CT molecular complexity index is 772. The van der Waals surface area contributed by atoms with Crippen LogP contribution in [0.25, 0.3) is 0 Å². The third kappa shape index (κ3) is 31.0. The monoisotopic (exact) mass is 600 g/mol. The lowest BCUT2D eigenvalue weighted by atomic mass is 10.1. The van der Waals surface area contributed by atoms with Gasteiger partial charge in [-0.05, 0) is 51.4 Å². The number of carbonyl (C=O) groups is 2. The molecule has 0 heterocycles. The van der Waals surface area contributed by atoms with Crippen LogP contribution in [-0.2, 0) is 28.2 Å². The fraction of sp³-hybridized carbons (Fsp3) is 0.750. The van der Waals surface area contributed by atoms with Gasteiger partial charge in [0.05, 0.1) is 6.61 Å². The summed E-state index contributed by atoms with van der Waals surface area (Å²) in [6.45, 7) is 3.55. The van der Waals surface area contributed by atoms with E-state index in [1.165, 1.54) is 44.9 Å². The molecule has 41 heavy (non-hydrogen) atoms. The number of phosphoric ester groups is 1. The van der Waals surface area contributed by atoms with Crippen LogP contribution in [0.4, 0.5) is 0 Å². The predicted octanol–water partition coefficient (Wildman–Crippen LogP) is 8.67. The van der Waals surface area contributed by atoms with E-state index in [1.54, 1.807) is 0 Å². The highest BCUT2D eigenvalue weighted by molar-refractivity contribution is 7.46. The Morgan fingerprint density at radius 3 is 1.68 bits per heavy atom. The van der Waals surface area contributed by atoms with Gasteiger partial charge in [-0.15, -0.1) is 0 Å². The number of unbranched alkanes of at least 4 members (excludes halogenated alkanes) is 12. The van der Waals surface area contributed by atoms with Crippen molar-refractivity contribution in [3.05, 3.63) is 36.5 Å². The van der Waals surface area contributed by atoms with Gasteiger partial charge >= 0.3 is 19.8 Å². The minimum atomic E-state index is -4.75. The van der Waals surface area contributed by atoms with E-state index in [1.807, 2.05) is 0 Å². The Labute approximate surface area is 249 Å². The van der Waals surface area contributed by atoms with Gasteiger partial charge in [0.1, 0.15) is 6.61 Å². The molecule has 0 spiro atoms. The number of hydrogen-bond acceptors (Lipinski definition) is 6. The van der Waals surface area contributed by atoms with Crippen LogP contribution in [0.1, 0.15) is 136 Å². The molecular weight excluding hydrogens is 543 g/mol. The quantitative estimate of drug-likeness (QED) is 0.0396. The minimum absolute atomic E-state index is 0.164. The molecule has 0 aromatic carbocycles. The van der Waals surface area contributed by atoms with E-state index in [-0.39, 0.29) is 19.4 Å². The second-order valence-corrected chi connectivity index (χ2v) is 11.7. The first-order chi connectivity index (χ1) is 19.8. The average Bonchev–Trinajstić information content (AvgIpc) is 2.93. The highest BCUT2D eigenvalue weighted by Crippen LogP contribution is 2.35. The normalized spacial score (nSPS) is 13.0. The Morgan fingerprint density at radius 2 is 1.10 bits per heavy atom. The molecule has 0 radical (unpaired) electrons. The summed E-state index contributed by atoms with van der Waals surface area (Å²) in [6, 6.07) is 0. The van der Waals surface area contributed by atoms with Crippen molar-refractivity contribution in [1.29, 1.82) is 0 Å². The van der Waals surface area contributed by atoms with Crippen molar-refractivity contribution in [2.75, 3.05) is 13.2 Å². The maximum absolute atomic E-state index is 12.2. The van der Waals surface area contributed by atoms with Gasteiger partial charge in [0.2, 0.25) is 0 Å². The van der Waals surface area contributed by atoms with E-state index in [0.717, 1.165) is 57.8 Å². The zero-order chi connectivity index (χ0) is 30.4. The van der Waals surface area contributed by atoms with Gasteiger partial charge in [0.15, 0.2) is 6.10 Å². The number of carbonyl (C=O) groups excluding carboxylic acids is 2. The van der Waals surface area contributed by atoms with Crippen LogP contribution >= 0.6 is 7.82 Å². The molecule has 0 rings (SSSR count). The molecule has 8 nitrogen and oxygen atoms in total. The lowest BCUT2D eigenvalue weighted by Crippen LogP contribution is -2.29. The molecule has 238 valence electrons. The summed E-state index contributed by atoms with van der Waals surface area (Å²) < 4.78 is 26.1. The van der Waals surface area contributed by atoms with Crippen LogP contribution in [0.5, 0.6) is 0 Å². The van der Waals surface area contributed by atoms with Crippen molar-refractivity contribution < 1.29 is 37.9 Å². The summed E-state index contributed by atoms with van der Waals surface area (Å²) in [5, 5.41) is 0. The van der Waals surface area contributed by atoms with Crippen LogP contribution in [0.3, 0.4) is 0 Å². The van der Waals surface area contributed by atoms with Gasteiger partial charge in [0, 0.05) is 12.8 Å². The molecule has 0 fully saturated rings. The maximum Gasteiger partial charge on any atom is 0.469 e. The summed E-state index contributed by atoms with van der Waals surface area (Å²) in [5.41, 5.74) is 0. The van der Waals surface area contributed by atoms with Crippen LogP contribution in [-0.4, -0.2) is 41.0 Å². The van der Waals surface area contributed by atoms with Crippen LogP contribution in [0.2, 0.25) is 0 Å². The fourth-order valence-electron chi connectivity index (χ4n) is 4.02. The van der Waals surface area contributed by atoms with E-state index in [9.17, 15) is 14.2 Å². The molecule has 2 N–H and O–H groups in total. The molecule has 0 aliphatic rings. The highest BCUT2D eigenvalue weighted by Gasteiger charge is 2.22. The smallest absolute Gasteiger partial charge is 0.462 e. The molecule has 0 aromatic heterocycles. The van der Waals surface area contributed by atoms with E-state index < -0.39 is 32.5 Å². The first-order valence-electron chi connectivity index (χ1n) is 15.8. The zero-order valence-electron chi connectivity index (χ0n) is 25.7. The van der Waals surface area contributed by atoms with Crippen molar-refractivity contribution in [2.45, 2.75) is 142 Å². The number of ether oxygens (including phenoxy) is 2. The van der Waals surface area contributed by atoms with E-state index in [0.29, 0.717) is 6.42 Å². The Balaban J connectivity index is 4.13. The number of rotatable bonds is 28. The van der Waals surface area contributed by atoms with E-state index in [2.05, 4.69) is 54.8 Å². The van der Waals surface area contributed by atoms with Gasteiger partial charge in [-0.2, -0.15) is 0 Å². The van der Waals surface area contributed by atoms with Crippen molar-refractivity contribution in [3.63, 3.8) is 0 Å². The molecule has 0 saturated heterocycles. The van der Waals surface area contributed by atoms with Gasteiger partial charge < -0.3 is 19.3 Å². The average molecular weight is 601 g/mol. The summed E-state index contributed by atoms with van der Waals surface area (Å²) in [4.78, 5) is 42.3. The number of phosphoric acid groups is 1. The summed E-state index contributed by atoms with van der Waals surface area (Å²) in [5.74, 6) is -0.938. The third-order valence-electron chi connectivity index (χ3n) is 6.41. The Hall–Kier alpha value is -1.73. The summed E-state index contributed by atoms with van der Waals surface area (Å²) in [7, 11) is -4.75. The minimum Gasteiger partial charge on any atom is -0.462 e. The Kier molecular flexibility index (Phi) is 27.2.